The summed E-state index contributed by atoms with van der Waals surface area (Å²) in [6.07, 6.45) is 11.9. The van der Waals surface area contributed by atoms with E-state index in [-0.39, 0.29) is 5.91 Å². The van der Waals surface area contributed by atoms with Crippen molar-refractivity contribution in [1.82, 2.24) is 9.62 Å². The molecule has 1 unspecified atom stereocenters. The van der Waals surface area contributed by atoms with Crippen LogP contribution >= 0.6 is 11.9 Å². The molecule has 0 bridgehead atoms. The van der Waals surface area contributed by atoms with Crippen LogP contribution in [0.2, 0.25) is 0 Å². The summed E-state index contributed by atoms with van der Waals surface area (Å²) in [6.45, 7) is 1.66. The third kappa shape index (κ3) is 4.97. The number of allylic oxidation sites excluding steroid dienone is 3. The lowest BCUT2D eigenvalue weighted by molar-refractivity contribution is -0.134. The number of hydrogen-bond donors (Lipinski definition) is 2. The van der Waals surface area contributed by atoms with Gasteiger partial charge in [-0.15, -0.1) is 0 Å². The molecule has 5 heteroatoms. The highest BCUT2D eigenvalue weighted by Crippen LogP contribution is 2.33. The van der Waals surface area contributed by atoms with Crippen molar-refractivity contribution in [3.63, 3.8) is 0 Å². The van der Waals surface area contributed by atoms with E-state index in [0.29, 0.717) is 6.54 Å². The van der Waals surface area contributed by atoms with E-state index < -0.39 is 5.54 Å². The van der Waals surface area contributed by atoms with Crippen LogP contribution in [-0.2, 0) is 10.3 Å². The molecular formula is C20H29N3OS. The molecule has 0 aromatic heterocycles. The Kier molecular flexibility index (Phi) is 7.75. The summed E-state index contributed by atoms with van der Waals surface area (Å²) in [6, 6.07) is 9.74. The fraction of sp³-hybridized carbons (Fsp3) is 0.450. The third-order valence-corrected chi connectivity index (χ3v) is 5.09. The van der Waals surface area contributed by atoms with Crippen molar-refractivity contribution >= 4 is 17.9 Å². The Morgan fingerprint density at radius 2 is 2.08 bits per heavy atom. The van der Waals surface area contributed by atoms with Crippen molar-refractivity contribution in [2.24, 2.45) is 5.73 Å². The van der Waals surface area contributed by atoms with Crippen LogP contribution in [-0.4, -0.2) is 37.2 Å². The Bertz CT molecular complexity index is 615. The molecule has 0 spiro atoms. The normalized spacial score (nSPS) is 16.2. The van der Waals surface area contributed by atoms with Crippen molar-refractivity contribution < 1.29 is 4.79 Å². The molecule has 1 aliphatic rings. The quantitative estimate of drug-likeness (QED) is 0.525. The van der Waals surface area contributed by atoms with E-state index >= 15 is 0 Å². The second-order valence-corrected chi connectivity index (χ2v) is 7.06. The van der Waals surface area contributed by atoms with Crippen LogP contribution in [0.15, 0.2) is 54.1 Å². The first-order valence-corrected chi connectivity index (χ1v) is 10.0. The van der Waals surface area contributed by atoms with Crippen molar-refractivity contribution in [2.45, 2.75) is 31.2 Å². The van der Waals surface area contributed by atoms with E-state index in [1.165, 1.54) is 0 Å². The zero-order valence-corrected chi connectivity index (χ0v) is 16.0. The number of likely N-dealkylation sites (N-methyl/N-ethyl adjacent to an activating group) is 1. The van der Waals surface area contributed by atoms with Crippen molar-refractivity contribution in [3.8, 4) is 0 Å². The van der Waals surface area contributed by atoms with Crippen LogP contribution in [0.1, 0.15) is 31.2 Å². The number of nitrogens with one attached hydrogen (secondary N) is 1. The van der Waals surface area contributed by atoms with E-state index in [1.54, 1.807) is 16.8 Å². The Balaban J connectivity index is 2.16. The van der Waals surface area contributed by atoms with Crippen LogP contribution in [0.5, 0.6) is 0 Å². The zero-order chi connectivity index (χ0) is 18.1. The number of amides is 1. The Morgan fingerprint density at radius 1 is 1.32 bits per heavy atom. The first kappa shape index (κ1) is 19.8. The predicted octanol–water partition coefficient (Wildman–Crippen LogP) is 3.22. The standard InChI is InChI=1S/C20H29N3OS/c1-23(16-10-9-15-22-25-2)19(24)20(21,17-11-5-3-6-12-17)18-13-7-4-8-14-18/h3-7,11-13,22H,8-10,14-16,21H2,1-2H3. The number of unbranched alkanes of at least 4 members (excludes halogenated alkanes) is 1. The molecular weight excluding hydrogens is 330 g/mol. The molecule has 1 aromatic carbocycles. The maximum absolute atomic E-state index is 13.3. The van der Waals surface area contributed by atoms with E-state index in [9.17, 15) is 4.79 Å². The van der Waals surface area contributed by atoms with Gasteiger partial charge < -0.3 is 10.6 Å². The van der Waals surface area contributed by atoms with Gasteiger partial charge in [-0.1, -0.05) is 60.5 Å². The van der Waals surface area contributed by atoms with Crippen molar-refractivity contribution in [2.75, 3.05) is 26.4 Å². The van der Waals surface area contributed by atoms with E-state index in [4.69, 9.17) is 5.73 Å². The van der Waals surface area contributed by atoms with E-state index in [2.05, 4.69) is 10.8 Å². The van der Waals surface area contributed by atoms with E-state index in [0.717, 1.165) is 43.4 Å². The van der Waals surface area contributed by atoms with Crippen molar-refractivity contribution in [3.05, 3.63) is 59.7 Å². The fourth-order valence-corrected chi connectivity index (χ4v) is 3.48. The SMILES string of the molecule is CSNCCCCN(C)C(=O)C(N)(C1=CC=CCC1)c1ccccc1. The maximum atomic E-state index is 13.3. The maximum Gasteiger partial charge on any atom is 0.251 e. The van der Waals surface area contributed by atoms with Gasteiger partial charge in [0.25, 0.3) is 5.91 Å². The highest BCUT2D eigenvalue weighted by atomic mass is 32.2. The molecule has 1 aromatic rings. The van der Waals surface area contributed by atoms with Crippen LogP contribution in [0.3, 0.4) is 0 Å². The summed E-state index contributed by atoms with van der Waals surface area (Å²) in [7, 11) is 1.86. The van der Waals surface area contributed by atoms with Crippen LogP contribution < -0.4 is 10.5 Å². The summed E-state index contributed by atoms with van der Waals surface area (Å²) < 4.78 is 3.23. The zero-order valence-electron chi connectivity index (χ0n) is 15.2. The average molecular weight is 360 g/mol. The summed E-state index contributed by atoms with van der Waals surface area (Å²) in [4.78, 5) is 15.1. The molecule has 0 fully saturated rings. The molecule has 1 aliphatic carbocycles. The molecule has 0 saturated heterocycles. The molecule has 25 heavy (non-hydrogen) atoms. The van der Waals surface area contributed by atoms with Gasteiger partial charge in [-0.25, -0.2) is 0 Å². The first-order chi connectivity index (χ1) is 12.1. The summed E-state index contributed by atoms with van der Waals surface area (Å²) >= 11 is 1.62. The van der Waals surface area contributed by atoms with Gasteiger partial charge in [0, 0.05) is 20.1 Å². The highest BCUT2D eigenvalue weighted by molar-refractivity contribution is 7.96. The lowest BCUT2D eigenvalue weighted by atomic mass is 9.78. The average Bonchev–Trinajstić information content (AvgIpc) is 2.67. The summed E-state index contributed by atoms with van der Waals surface area (Å²) in [5.41, 5.74) is 7.54. The molecule has 0 saturated carbocycles. The van der Waals surface area contributed by atoms with Gasteiger partial charge in [0.2, 0.25) is 0 Å². The molecule has 3 N–H and O–H groups in total. The molecule has 2 rings (SSSR count). The minimum Gasteiger partial charge on any atom is -0.344 e. The minimum absolute atomic E-state index is 0.0296. The van der Waals surface area contributed by atoms with Gasteiger partial charge in [0.05, 0.1) is 0 Å². The number of carbonyl (C=O) groups excluding carboxylic acids is 1. The molecule has 0 aliphatic heterocycles. The number of hydrogen-bond acceptors (Lipinski definition) is 4. The number of nitrogens with zero attached hydrogens (tertiary/aromatic N) is 1. The molecule has 0 heterocycles. The second-order valence-electron chi connectivity index (χ2n) is 6.37. The lowest BCUT2D eigenvalue weighted by Gasteiger charge is -2.36. The molecule has 1 atom stereocenters. The first-order valence-electron chi connectivity index (χ1n) is 8.82. The van der Waals surface area contributed by atoms with Gasteiger partial charge in [-0.3, -0.25) is 9.52 Å². The second kappa shape index (κ2) is 9.80. The molecule has 1 amide bonds. The predicted molar refractivity (Wildman–Crippen MR) is 107 cm³/mol. The van der Waals surface area contributed by atoms with Crippen molar-refractivity contribution in [1.29, 1.82) is 0 Å². The topological polar surface area (TPSA) is 58.4 Å². The largest absolute Gasteiger partial charge is 0.344 e. The van der Waals surface area contributed by atoms with Gasteiger partial charge >= 0.3 is 0 Å². The van der Waals surface area contributed by atoms with Gasteiger partial charge in [-0.05, 0) is 43.1 Å². The number of benzene rings is 1. The number of rotatable bonds is 9. The van der Waals surface area contributed by atoms with Gasteiger partial charge in [0.1, 0.15) is 5.54 Å². The Morgan fingerprint density at radius 3 is 2.72 bits per heavy atom. The fourth-order valence-electron chi connectivity index (χ4n) is 3.13. The molecule has 136 valence electrons. The Labute approximate surface area is 155 Å². The van der Waals surface area contributed by atoms with Gasteiger partial charge in [-0.2, -0.15) is 0 Å². The van der Waals surface area contributed by atoms with Crippen LogP contribution in [0.25, 0.3) is 0 Å². The third-order valence-electron chi connectivity index (χ3n) is 4.60. The van der Waals surface area contributed by atoms with Gasteiger partial charge in [0.15, 0.2) is 0 Å². The molecule has 0 radical (unpaired) electrons. The number of carbonyl (C=O) groups is 1. The summed E-state index contributed by atoms with van der Waals surface area (Å²) in [5, 5.41) is 0. The van der Waals surface area contributed by atoms with Crippen LogP contribution in [0, 0.1) is 0 Å². The van der Waals surface area contributed by atoms with E-state index in [1.807, 2.05) is 55.8 Å². The smallest absolute Gasteiger partial charge is 0.251 e. The Hall–Kier alpha value is -1.56. The summed E-state index contributed by atoms with van der Waals surface area (Å²) in [5.74, 6) is -0.0296. The monoisotopic (exact) mass is 359 g/mol. The lowest BCUT2D eigenvalue weighted by Crippen LogP contribution is -2.53. The number of nitrogens with two attached hydrogens (primary N) is 1. The minimum atomic E-state index is -1.09. The molecule has 4 nitrogen and oxygen atoms in total. The highest BCUT2D eigenvalue weighted by Gasteiger charge is 2.41. The van der Waals surface area contributed by atoms with Crippen LogP contribution in [0.4, 0.5) is 0 Å².